The molecule has 1 aromatic carbocycles. The fourth-order valence-electron chi connectivity index (χ4n) is 3.04. The van der Waals surface area contributed by atoms with E-state index in [9.17, 15) is 9.90 Å². The van der Waals surface area contributed by atoms with Gasteiger partial charge in [-0.05, 0) is 30.3 Å². The van der Waals surface area contributed by atoms with Crippen molar-refractivity contribution < 1.29 is 9.90 Å². The van der Waals surface area contributed by atoms with Crippen molar-refractivity contribution in [3.05, 3.63) is 59.3 Å². The molecule has 0 bridgehead atoms. The average molecular weight is 355 g/mol. The fraction of sp³-hybridized carbons (Fsp3) is 0.167. The summed E-state index contributed by atoms with van der Waals surface area (Å²) < 4.78 is 2.01. The summed E-state index contributed by atoms with van der Waals surface area (Å²) in [6, 6.07) is 8.93. The summed E-state index contributed by atoms with van der Waals surface area (Å²) in [5, 5.41) is 13.7. The second-order valence-corrected chi connectivity index (χ2v) is 6.29. The molecule has 2 N–H and O–H groups in total. The molecule has 126 valence electrons. The first-order chi connectivity index (χ1) is 12.1. The van der Waals surface area contributed by atoms with Crippen LogP contribution >= 0.6 is 11.6 Å². The van der Waals surface area contributed by atoms with Crippen LogP contribution in [0.3, 0.4) is 0 Å². The summed E-state index contributed by atoms with van der Waals surface area (Å²) in [4.78, 5) is 20.9. The van der Waals surface area contributed by atoms with Crippen molar-refractivity contribution in [2.24, 2.45) is 0 Å². The van der Waals surface area contributed by atoms with E-state index in [4.69, 9.17) is 11.6 Å². The number of amides is 1. The third-order valence-electron chi connectivity index (χ3n) is 4.20. The molecule has 25 heavy (non-hydrogen) atoms. The predicted molar refractivity (Wildman–Crippen MR) is 96.4 cm³/mol. The zero-order chi connectivity index (χ0) is 17.4. The number of aliphatic hydroxyl groups is 1. The van der Waals surface area contributed by atoms with Crippen molar-refractivity contribution >= 4 is 39.8 Å². The lowest BCUT2D eigenvalue weighted by molar-refractivity contribution is -0.115. The van der Waals surface area contributed by atoms with Gasteiger partial charge in [0.05, 0.1) is 17.5 Å². The zero-order valence-electron chi connectivity index (χ0n) is 13.2. The lowest BCUT2D eigenvalue weighted by Crippen LogP contribution is -2.18. The van der Waals surface area contributed by atoms with Gasteiger partial charge in [-0.25, -0.2) is 4.98 Å². The number of aryl methyl sites for hydroxylation is 1. The average Bonchev–Trinajstić information content (AvgIpc) is 2.96. The molecule has 0 spiro atoms. The lowest BCUT2D eigenvalue weighted by Gasteiger charge is -2.19. The maximum Gasteiger partial charge on any atom is 0.229 e. The molecule has 2 aromatic heterocycles. The number of halogens is 1. The molecule has 0 saturated heterocycles. The molecule has 1 aliphatic heterocycles. The molecule has 0 unspecified atom stereocenters. The molecule has 0 radical (unpaired) electrons. The molecule has 6 nitrogen and oxygen atoms in total. The van der Waals surface area contributed by atoms with Crippen LogP contribution in [0.25, 0.3) is 16.6 Å². The Labute approximate surface area is 148 Å². The first-order valence-corrected chi connectivity index (χ1v) is 8.26. The highest BCUT2D eigenvalue weighted by Gasteiger charge is 2.24. The van der Waals surface area contributed by atoms with Crippen LogP contribution < -0.4 is 5.32 Å². The Morgan fingerprint density at radius 2 is 2.08 bits per heavy atom. The van der Waals surface area contributed by atoms with Crippen LogP contribution in [-0.4, -0.2) is 25.5 Å². The van der Waals surface area contributed by atoms with Crippen LogP contribution in [0.15, 0.2) is 48.5 Å². The van der Waals surface area contributed by atoms with Gasteiger partial charge in [-0.1, -0.05) is 11.6 Å². The number of allylic oxidation sites excluding steroid dienone is 1. The number of aromatic nitrogens is 3. The van der Waals surface area contributed by atoms with Gasteiger partial charge in [0.15, 0.2) is 0 Å². The van der Waals surface area contributed by atoms with Crippen molar-refractivity contribution in [3.8, 4) is 0 Å². The minimum absolute atomic E-state index is 0.0468. The van der Waals surface area contributed by atoms with Gasteiger partial charge in [-0.2, -0.15) is 0 Å². The number of hydrogen-bond acceptors (Lipinski definition) is 4. The number of nitrogens with zero attached hydrogens (tertiary/aromatic N) is 3. The van der Waals surface area contributed by atoms with Gasteiger partial charge in [-0.15, -0.1) is 0 Å². The van der Waals surface area contributed by atoms with E-state index in [0.29, 0.717) is 35.1 Å². The number of aliphatic hydroxyl groups excluding tert-OH is 1. The number of rotatable bonds is 3. The summed E-state index contributed by atoms with van der Waals surface area (Å²) in [6.07, 6.45) is 3.73. The number of carbonyl (C=O) groups is 1. The van der Waals surface area contributed by atoms with E-state index in [0.717, 1.165) is 11.0 Å². The molecule has 3 aromatic rings. The normalized spacial score (nSPS) is 13.8. The van der Waals surface area contributed by atoms with Crippen molar-refractivity contribution in [3.63, 3.8) is 0 Å². The van der Waals surface area contributed by atoms with E-state index in [1.807, 2.05) is 16.7 Å². The highest BCUT2D eigenvalue weighted by Crippen LogP contribution is 2.32. The molecular formula is C18H15ClN4O2. The third-order valence-corrected chi connectivity index (χ3v) is 4.44. The fourth-order valence-corrected chi connectivity index (χ4v) is 3.21. The monoisotopic (exact) mass is 354 g/mol. The number of fused-ring (bicyclic) bond motifs is 3. The molecule has 1 aliphatic rings. The molecule has 0 atom stereocenters. The Balaban J connectivity index is 1.66. The van der Waals surface area contributed by atoms with Crippen LogP contribution in [0.4, 0.5) is 5.69 Å². The maximum absolute atomic E-state index is 12.4. The predicted octanol–water partition coefficient (Wildman–Crippen LogP) is 3.79. The van der Waals surface area contributed by atoms with E-state index in [-0.39, 0.29) is 18.1 Å². The zero-order valence-corrected chi connectivity index (χ0v) is 14.0. The van der Waals surface area contributed by atoms with Crippen molar-refractivity contribution in [2.75, 3.05) is 5.32 Å². The Morgan fingerprint density at radius 1 is 1.28 bits per heavy atom. The van der Waals surface area contributed by atoms with Gasteiger partial charge in [0, 0.05) is 41.6 Å². The van der Waals surface area contributed by atoms with Gasteiger partial charge in [-0.3, -0.25) is 9.78 Å². The standard InChI is InChI=1S/C18H15ClN4O2/c19-11-1-2-15-14(9-11)22-18-13(16(24)5-8-23(15)18)10-17(25)21-12-3-6-20-7-4-12/h1-4,6-7,9,24H,5,8,10H2,(H,20,21,25). The molecule has 0 aliphatic carbocycles. The van der Waals surface area contributed by atoms with Gasteiger partial charge in [0.1, 0.15) is 11.6 Å². The Bertz CT molecular complexity index is 995. The summed E-state index contributed by atoms with van der Waals surface area (Å²) in [5.41, 5.74) is 2.91. The molecule has 0 saturated carbocycles. The lowest BCUT2D eigenvalue weighted by atomic mass is 10.0. The molecule has 1 amide bonds. The van der Waals surface area contributed by atoms with Crippen LogP contribution in [0.1, 0.15) is 18.7 Å². The van der Waals surface area contributed by atoms with Crippen molar-refractivity contribution in [2.45, 2.75) is 19.4 Å². The number of nitrogens with one attached hydrogen (secondary N) is 1. The van der Waals surface area contributed by atoms with Crippen molar-refractivity contribution in [1.82, 2.24) is 14.5 Å². The second kappa shape index (κ2) is 6.22. The number of benzene rings is 1. The van der Waals surface area contributed by atoms with E-state index in [1.54, 1.807) is 30.6 Å². The number of pyridine rings is 1. The molecule has 4 rings (SSSR count). The maximum atomic E-state index is 12.4. The highest BCUT2D eigenvalue weighted by molar-refractivity contribution is 6.31. The Morgan fingerprint density at radius 3 is 2.88 bits per heavy atom. The van der Waals surface area contributed by atoms with Crippen LogP contribution in [0.5, 0.6) is 0 Å². The van der Waals surface area contributed by atoms with Crippen LogP contribution in [-0.2, 0) is 11.3 Å². The number of carbonyl (C=O) groups excluding carboxylic acids is 1. The number of anilines is 1. The Kier molecular flexibility index (Phi) is 3.89. The molecule has 0 fully saturated rings. The quantitative estimate of drug-likeness (QED) is 0.750. The molecule has 3 heterocycles. The summed E-state index contributed by atoms with van der Waals surface area (Å²) >= 11 is 6.04. The van der Waals surface area contributed by atoms with Gasteiger partial charge in [0.2, 0.25) is 5.91 Å². The number of imidazole rings is 1. The van der Waals surface area contributed by atoms with E-state index >= 15 is 0 Å². The third kappa shape index (κ3) is 2.96. The summed E-state index contributed by atoms with van der Waals surface area (Å²) in [7, 11) is 0. The van der Waals surface area contributed by atoms with Gasteiger partial charge < -0.3 is 15.0 Å². The molecule has 7 heteroatoms. The summed E-state index contributed by atoms with van der Waals surface area (Å²) in [5.74, 6) is 0.607. The first kappa shape index (κ1) is 15.7. The largest absolute Gasteiger partial charge is 0.512 e. The first-order valence-electron chi connectivity index (χ1n) is 7.89. The topological polar surface area (TPSA) is 80.0 Å². The van der Waals surface area contributed by atoms with Gasteiger partial charge >= 0.3 is 0 Å². The smallest absolute Gasteiger partial charge is 0.229 e. The minimum Gasteiger partial charge on any atom is -0.512 e. The SMILES string of the molecule is O=C(CC1=C(O)CCn2c1nc1cc(Cl)ccc12)Nc1ccncc1. The van der Waals surface area contributed by atoms with Crippen molar-refractivity contribution in [1.29, 1.82) is 0 Å². The minimum atomic E-state index is -0.216. The summed E-state index contributed by atoms with van der Waals surface area (Å²) in [6.45, 7) is 0.620. The van der Waals surface area contributed by atoms with E-state index in [2.05, 4.69) is 15.3 Å². The number of hydrogen-bond donors (Lipinski definition) is 2. The van der Waals surface area contributed by atoms with Gasteiger partial charge in [0.25, 0.3) is 0 Å². The molecular weight excluding hydrogens is 340 g/mol. The Hall–Kier alpha value is -2.86. The highest BCUT2D eigenvalue weighted by atomic mass is 35.5. The van der Waals surface area contributed by atoms with Crippen LogP contribution in [0.2, 0.25) is 5.02 Å². The van der Waals surface area contributed by atoms with E-state index < -0.39 is 0 Å². The van der Waals surface area contributed by atoms with Crippen LogP contribution in [0, 0.1) is 0 Å². The second-order valence-electron chi connectivity index (χ2n) is 5.86. The van der Waals surface area contributed by atoms with E-state index in [1.165, 1.54) is 0 Å².